The van der Waals surface area contributed by atoms with Gasteiger partial charge >= 0.3 is 18.0 Å². The molecule has 1 aromatic carbocycles. The van der Waals surface area contributed by atoms with Crippen LogP contribution in [0.2, 0.25) is 0 Å². The predicted molar refractivity (Wildman–Crippen MR) is 109 cm³/mol. The molecular weight excluding hydrogens is 429 g/mol. The number of carbonyl (C=O) groups is 3. The van der Waals surface area contributed by atoms with Gasteiger partial charge in [-0.2, -0.15) is 0 Å². The molecule has 1 fully saturated rings. The van der Waals surface area contributed by atoms with Gasteiger partial charge in [-0.25, -0.2) is 9.59 Å². The number of amides is 1. The third kappa shape index (κ3) is 7.34. The monoisotopic (exact) mass is 457 g/mol. The first-order valence-corrected chi connectivity index (χ1v) is 11.8. The molecule has 31 heavy (non-hydrogen) atoms. The molecule has 0 bridgehead atoms. The Hall–Kier alpha value is -2.42. The molecule has 1 amide bonds. The summed E-state index contributed by atoms with van der Waals surface area (Å²) in [6.07, 6.45) is -1.35. The van der Waals surface area contributed by atoms with E-state index in [0.717, 1.165) is 12.7 Å². The Morgan fingerprint density at radius 1 is 1.23 bits per heavy atom. The van der Waals surface area contributed by atoms with Crippen LogP contribution in [0, 0.1) is 11.8 Å². The Bertz CT molecular complexity index is 816. The van der Waals surface area contributed by atoms with E-state index in [-0.39, 0.29) is 26.1 Å². The van der Waals surface area contributed by atoms with Crippen LogP contribution in [0.5, 0.6) is 0 Å². The normalized spacial score (nSPS) is 21.2. The number of rotatable bonds is 11. The molecule has 0 aliphatic heterocycles. The maximum atomic E-state index is 12.6. The lowest BCUT2D eigenvalue weighted by Gasteiger charge is -2.21. The summed E-state index contributed by atoms with van der Waals surface area (Å²) in [4.78, 5) is 46.0. The SMILES string of the molecule is CCOC(=O)C1CC1C(O)P(=O)(O)CCC(NC(=O)OCc1ccccc1)C(=O)OC. The van der Waals surface area contributed by atoms with Gasteiger partial charge in [-0.05, 0) is 25.3 Å². The van der Waals surface area contributed by atoms with Crippen molar-refractivity contribution < 1.29 is 43.2 Å². The van der Waals surface area contributed by atoms with Crippen molar-refractivity contribution in [3.63, 3.8) is 0 Å². The molecule has 1 aliphatic rings. The molecule has 0 spiro atoms. The Balaban J connectivity index is 1.88. The summed E-state index contributed by atoms with van der Waals surface area (Å²) in [6, 6.07) is 7.66. The second-order valence-corrected chi connectivity index (χ2v) is 9.71. The van der Waals surface area contributed by atoms with Gasteiger partial charge in [0.25, 0.3) is 0 Å². The summed E-state index contributed by atoms with van der Waals surface area (Å²) < 4.78 is 27.1. The molecule has 1 saturated carbocycles. The Kier molecular flexibility index (Phi) is 9.03. The van der Waals surface area contributed by atoms with Gasteiger partial charge in [0.15, 0.2) is 0 Å². The summed E-state index contributed by atoms with van der Waals surface area (Å²) in [5.41, 5.74) is 0.746. The molecular formula is C20H28NO9P. The Labute approximate surface area is 180 Å². The fraction of sp³-hybridized carbons (Fsp3) is 0.550. The molecule has 0 heterocycles. The van der Waals surface area contributed by atoms with Gasteiger partial charge in [0.1, 0.15) is 18.5 Å². The zero-order valence-corrected chi connectivity index (χ0v) is 18.3. The molecule has 11 heteroatoms. The first kappa shape index (κ1) is 24.8. The zero-order chi connectivity index (χ0) is 23.0. The number of hydrogen-bond acceptors (Lipinski definition) is 8. The molecule has 3 N–H and O–H groups in total. The van der Waals surface area contributed by atoms with Crippen LogP contribution in [0.15, 0.2) is 30.3 Å². The van der Waals surface area contributed by atoms with E-state index in [9.17, 15) is 28.9 Å². The minimum absolute atomic E-state index is 0.0191. The number of esters is 2. The van der Waals surface area contributed by atoms with Gasteiger partial charge in [0.2, 0.25) is 7.37 Å². The highest BCUT2D eigenvalue weighted by Gasteiger charge is 2.53. The number of nitrogens with one attached hydrogen (secondary N) is 1. The van der Waals surface area contributed by atoms with Gasteiger partial charge in [-0.3, -0.25) is 9.36 Å². The highest BCUT2D eigenvalue weighted by Crippen LogP contribution is 2.57. The molecule has 0 aromatic heterocycles. The number of carbonyl (C=O) groups excluding carboxylic acids is 3. The van der Waals surface area contributed by atoms with E-state index in [2.05, 4.69) is 10.1 Å². The average molecular weight is 457 g/mol. The van der Waals surface area contributed by atoms with Crippen LogP contribution in [0.3, 0.4) is 0 Å². The highest BCUT2D eigenvalue weighted by molar-refractivity contribution is 7.58. The van der Waals surface area contributed by atoms with Crippen LogP contribution in [0.1, 0.15) is 25.3 Å². The molecule has 172 valence electrons. The largest absolute Gasteiger partial charge is 0.467 e. The van der Waals surface area contributed by atoms with Crippen LogP contribution < -0.4 is 5.32 Å². The van der Waals surface area contributed by atoms with Crippen molar-refractivity contribution >= 4 is 25.4 Å². The molecule has 1 aromatic rings. The second-order valence-electron chi connectivity index (χ2n) is 7.22. The molecule has 5 unspecified atom stereocenters. The third-order valence-corrected chi connectivity index (χ3v) is 7.06. The first-order valence-electron chi connectivity index (χ1n) is 9.90. The van der Waals surface area contributed by atoms with Crippen molar-refractivity contribution in [2.24, 2.45) is 11.8 Å². The number of hydrogen-bond donors (Lipinski definition) is 3. The van der Waals surface area contributed by atoms with E-state index in [0.29, 0.717) is 0 Å². The van der Waals surface area contributed by atoms with Gasteiger partial charge in [-0.15, -0.1) is 0 Å². The van der Waals surface area contributed by atoms with E-state index >= 15 is 0 Å². The summed E-state index contributed by atoms with van der Waals surface area (Å²) in [5.74, 6) is -4.23. The maximum Gasteiger partial charge on any atom is 0.408 e. The number of benzene rings is 1. The zero-order valence-electron chi connectivity index (χ0n) is 17.4. The van der Waals surface area contributed by atoms with Gasteiger partial charge in [0, 0.05) is 12.1 Å². The van der Waals surface area contributed by atoms with Crippen molar-refractivity contribution in [1.82, 2.24) is 5.32 Å². The lowest BCUT2D eigenvalue weighted by Crippen LogP contribution is -2.42. The Morgan fingerprint density at radius 2 is 1.90 bits per heavy atom. The number of aliphatic hydroxyl groups excluding tert-OH is 1. The molecule has 2 rings (SSSR count). The minimum atomic E-state index is -4.14. The predicted octanol–water partition coefficient (Wildman–Crippen LogP) is 1.63. The van der Waals surface area contributed by atoms with E-state index in [4.69, 9.17) is 9.47 Å². The summed E-state index contributed by atoms with van der Waals surface area (Å²) >= 11 is 0. The molecule has 0 saturated heterocycles. The summed E-state index contributed by atoms with van der Waals surface area (Å²) in [6.45, 7) is 1.81. The summed E-state index contributed by atoms with van der Waals surface area (Å²) in [7, 11) is -3.02. The van der Waals surface area contributed by atoms with Crippen LogP contribution >= 0.6 is 7.37 Å². The topological polar surface area (TPSA) is 148 Å². The fourth-order valence-electron chi connectivity index (χ4n) is 3.11. The van der Waals surface area contributed by atoms with E-state index in [1.807, 2.05) is 6.07 Å². The van der Waals surface area contributed by atoms with Crippen LogP contribution in [0.4, 0.5) is 4.79 Å². The molecule has 0 radical (unpaired) electrons. The maximum absolute atomic E-state index is 12.6. The smallest absolute Gasteiger partial charge is 0.408 e. The standard InChI is InChI=1S/C20H28NO9P/c1-3-29-17(22)14-11-15(14)19(24)31(26,27)10-9-16(18(23)28-2)21-20(25)30-12-13-7-5-4-6-8-13/h4-8,14-16,19,24H,3,9-12H2,1-2H3,(H,21,25)(H,26,27). The van der Waals surface area contributed by atoms with Gasteiger partial charge in [-0.1, -0.05) is 30.3 Å². The Morgan fingerprint density at radius 3 is 2.52 bits per heavy atom. The van der Waals surface area contributed by atoms with Crippen molar-refractivity contribution in [3.05, 3.63) is 35.9 Å². The van der Waals surface area contributed by atoms with Crippen molar-refractivity contribution in [1.29, 1.82) is 0 Å². The fourth-order valence-corrected chi connectivity index (χ4v) is 4.93. The molecule has 1 aliphatic carbocycles. The van der Waals surface area contributed by atoms with Gasteiger partial charge < -0.3 is 29.5 Å². The van der Waals surface area contributed by atoms with Crippen LogP contribution in [-0.2, 0) is 35.0 Å². The van der Waals surface area contributed by atoms with Crippen LogP contribution in [-0.4, -0.2) is 59.8 Å². The number of ether oxygens (including phenoxy) is 3. The number of aliphatic hydroxyl groups is 1. The quantitative estimate of drug-likeness (QED) is 0.256. The van der Waals surface area contributed by atoms with E-state index in [1.54, 1.807) is 31.2 Å². The van der Waals surface area contributed by atoms with Crippen molar-refractivity contribution in [3.8, 4) is 0 Å². The molecule has 10 nitrogen and oxygen atoms in total. The lowest BCUT2D eigenvalue weighted by atomic mass is 10.2. The van der Waals surface area contributed by atoms with Crippen molar-refractivity contribution in [2.75, 3.05) is 19.9 Å². The van der Waals surface area contributed by atoms with E-state index in [1.165, 1.54) is 0 Å². The summed E-state index contributed by atoms with van der Waals surface area (Å²) in [5, 5.41) is 12.6. The average Bonchev–Trinajstić information content (AvgIpc) is 3.56. The number of alkyl carbamates (subject to hydrolysis) is 1. The second kappa shape index (κ2) is 11.3. The first-order chi connectivity index (χ1) is 14.7. The van der Waals surface area contributed by atoms with Gasteiger partial charge in [0.05, 0.1) is 19.6 Å². The molecule has 5 atom stereocenters. The lowest BCUT2D eigenvalue weighted by molar-refractivity contribution is -0.145. The third-order valence-electron chi connectivity index (χ3n) is 4.95. The minimum Gasteiger partial charge on any atom is -0.467 e. The number of methoxy groups -OCH3 is 1. The highest BCUT2D eigenvalue weighted by atomic mass is 31.2. The van der Waals surface area contributed by atoms with Crippen LogP contribution in [0.25, 0.3) is 0 Å². The van der Waals surface area contributed by atoms with Crippen molar-refractivity contribution in [2.45, 2.75) is 38.3 Å². The van der Waals surface area contributed by atoms with E-state index < -0.39 is 55.3 Å².